The Bertz CT molecular complexity index is 294. The molecule has 0 radical (unpaired) electrons. The Morgan fingerprint density at radius 3 is 2.56 bits per heavy atom. The molecule has 1 atom stereocenters. The lowest BCUT2D eigenvalue weighted by Crippen LogP contribution is -2.61. The fraction of sp³-hybridized carbons (Fsp3) is 0.909. The predicted octanol–water partition coefficient (Wildman–Crippen LogP) is 0.723. The lowest BCUT2D eigenvalue weighted by Gasteiger charge is -2.44. The third-order valence-electron chi connectivity index (χ3n) is 2.99. The lowest BCUT2D eigenvalue weighted by molar-refractivity contribution is -0.120. The van der Waals surface area contributed by atoms with Gasteiger partial charge in [-0.3, -0.25) is 4.90 Å². The van der Waals surface area contributed by atoms with E-state index < -0.39 is 5.60 Å². The molecule has 1 amide bonds. The smallest absolute Gasteiger partial charge is 0.410 e. The van der Waals surface area contributed by atoms with Crippen molar-refractivity contribution in [1.82, 2.24) is 4.90 Å². The minimum Gasteiger partial charge on any atom is -0.444 e. The number of amides is 1. The van der Waals surface area contributed by atoms with Gasteiger partial charge in [-0.2, -0.15) is 0 Å². The Labute approximate surface area is 95.9 Å². The van der Waals surface area contributed by atoms with E-state index in [9.17, 15) is 4.79 Å². The second-order valence-electron chi connectivity index (χ2n) is 5.77. The van der Waals surface area contributed by atoms with E-state index in [1.165, 1.54) is 0 Å². The van der Waals surface area contributed by atoms with Crippen LogP contribution in [0.25, 0.3) is 0 Å². The summed E-state index contributed by atoms with van der Waals surface area (Å²) in [5.74, 6) is 0. The number of carbonyl (C=O) groups is 1. The zero-order valence-electron chi connectivity index (χ0n) is 10.2. The molecule has 1 spiro atoms. The molecule has 0 aromatic carbocycles. The molecule has 5 heteroatoms. The normalized spacial score (nSPS) is 28.0. The number of likely N-dealkylation sites (tertiary alicyclic amines) is 1. The van der Waals surface area contributed by atoms with Crippen molar-refractivity contribution in [3.05, 3.63) is 0 Å². The Morgan fingerprint density at radius 2 is 2.12 bits per heavy atom. The van der Waals surface area contributed by atoms with E-state index >= 15 is 0 Å². The average molecular weight is 228 g/mol. The third-order valence-corrected chi connectivity index (χ3v) is 2.99. The van der Waals surface area contributed by atoms with E-state index in [2.05, 4.69) is 0 Å². The number of hydrogen-bond donors (Lipinski definition) is 1. The number of carbonyl (C=O) groups excluding carboxylic acids is 1. The van der Waals surface area contributed by atoms with Gasteiger partial charge in [0.2, 0.25) is 0 Å². The molecule has 0 aromatic rings. The summed E-state index contributed by atoms with van der Waals surface area (Å²) in [4.78, 5) is 13.7. The minimum atomic E-state index is -0.463. The molecule has 2 rings (SSSR count). The maximum absolute atomic E-state index is 12.0. The monoisotopic (exact) mass is 228 g/mol. The molecule has 2 aliphatic rings. The highest BCUT2D eigenvalue weighted by atomic mass is 16.6. The van der Waals surface area contributed by atoms with Gasteiger partial charge in [0.05, 0.1) is 18.8 Å². The molecule has 92 valence electrons. The average Bonchev–Trinajstić information content (AvgIpc) is 2.39. The van der Waals surface area contributed by atoms with Crippen LogP contribution in [0.5, 0.6) is 0 Å². The molecule has 0 unspecified atom stereocenters. The van der Waals surface area contributed by atoms with Crippen LogP contribution in [-0.2, 0) is 9.47 Å². The first-order valence-electron chi connectivity index (χ1n) is 5.66. The summed E-state index contributed by atoms with van der Waals surface area (Å²) >= 11 is 0. The highest BCUT2D eigenvalue weighted by Gasteiger charge is 2.53. The first-order chi connectivity index (χ1) is 7.32. The Balaban J connectivity index is 2.05. The number of rotatable bonds is 0. The van der Waals surface area contributed by atoms with Gasteiger partial charge in [0.25, 0.3) is 0 Å². The Morgan fingerprint density at radius 1 is 1.50 bits per heavy atom. The van der Waals surface area contributed by atoms with Gasteiger partial charge in [-0.1, -0.05) is 0 Å². The van der Waals surface area contributed by atoms with E-state index in [4.69, 9.17) is 15.2 Å². The minimum absolute atomic E-state index is 0.0384. The number of ether oxygens (including phenoxy) is 2. The topological polar surface area (TPSA) is 64.8 Å². The molecular formula is C11H20N2O3. The lowest BCUT2D eigenvalue weighted by atomic mass is 9.93. The highest BCUT2D eigenvalue weighted by Crippen LogP contribution is 2.36. The summed E-state index contributed by atoms with van der Waals surface area (Å²) in [6, 6.07) is 0.0384. The van der Waals surface area contributed by atoms with Crippen molar-refractivity contribution in [2.45, 2.75) is 44.4 Å². The molecule has 2 N–H and O–H groups in total. The second-order valence-corrected chi connectivity index (χ2v) is 5.77. The first kappa shape index (κ1) is 11.7. The van der Waals surface area contributed by atoms with Crippen LogP contribution in [0, 0.1) is 0 Å². The Kier molecular flexibility index (Phi) is 2.62. The van der Waals surface area contributed by atoms with Crippen LogP contribution >= 0.6 is 0 Å². The third kappa shape index (κ3) is 2.01. The molecule has 16 heavy (non-hydrogen) atoms. The van der Waals surface area contributed by atoms with Crippen LogP contribution in [0.2, 0.25) is 0 Å². The largest absolute Gasteiger partial charge is 0.444 e. The maximum atomic E-state index is 12.0. The molecule has 0 aromatic heterocycles. The summed E-state index contributed by atoms with van der Waals surface area (Å²) in [6.45, 7) is 7.33. The van der Waals surface area contributed by atoms with Crippen LogP contribution in [0.4, 0.5) is 4.79 Å². The van der Waals surface area contributed by atoms with Gasteiger partial charge < -0.3 is 15.2 Å². The van der Waals surface area contributed by atoms with Gasteiger partial charge in [-0.25, -0.2) is 4.79 Å². The van der Waals surface area contributed by atoms with Crippen LogP contribution < -0.4 is 5.73 Å². The number of nitrogens with two attached hydrogens (primary N) is 1. The molecule has 0 aliphatic carbocycles. The van der Waals surface area contributed by atoms with Crippen molar-refractivity contribution in [2.75, 3.05) is 19.8 Å². The molecule has 0 saturated carbocycles. The maximum Gasteiger partial charge on any atom is 0.410 e. The summed E-state index contributed by atoms with van der Waals surface area (Å²) in [5, 5.41) is 0. The van der Waals surface area contributed by atoms with Crippen LogP contribution in [0.15, 0.2) is 0 Å². The second kappa shape index (κ2) is 3.60. The predicted molar refractivity (Wildman–Crippen MR) is 59.1 cm³/mol. The number of nitrogens with zero attached hydrogens (tertiary/aromatic N) is 1. The van der Waals surface area contributed by atoms with Gasteiger partial charge in [-0.15, -0.1) is 0 Å². The van der Waals surface area contributed by atoms with Crippen LogP contribution in [0.3, 0.4) is 0 Å². The van der Waals surface area contributed by atoms with Gasteiger partial charge in [-0.05, 0) is 27.2 Å². The molecule has 2 aliphatic heterocycles. The molecule has 2 saturated heterocycles. The molecule has 2 heterocycles. The van der Waals surface area contributed by atoms with E-state index in [1.807, 2.05) is 20.8 Å². The first-order valence-corrected chi connectivity index (χ1v) is 5.66. The summed E-state index contributed by atoms with van der Waals surface area (Å²) in [5.41, 5.74) is 5.25. The molecule has 2 fully saturated rings. The quantitative estimate of drug-likeness (QED) is 0.663. The van der Waals surface area contributed by atoms with Gasteiger partial charge >= 0.3 is 6.09 Å². The summed E-state index contributed by atoms with van der Waals surface area (Å²) in [6.07, 6.45) is 0.537. The van der Waals surface area contributed by atoms with Crippen molar-refractivity contribution < 1.29 is 14.3 Å². The van der Waals surface area contributed by atoms with Gasteiger partial charge in [0.15, 0.2) is 0 Å². The summed E-state index contributed by atoms with van der Waals surface area (Å²) < 4.78 is 10.6. The van der Waals surface area contributed by atoms with Crippen molar-refractivity contribution >= 4 is 6.09 Å². The van der Waals surface area contributed by atoms with Gasteiger partial charge in [0, 0.05) is 12.6 Å². The van der Waals surface area contributed by atoms with Gasteiger partial charge in [0.1, 0.15) is 5.60 Å². The molecular weight excluding hydrogens is 208 g/mol. The molecule has 5 nitrogen and oxygen atoms in total. The van der Waals surface area contributed by atoms with E-state index in [-0.39, 0.29) is 17.7 Å². The van der Waals surface area contributed by atoms with E-state index in [0.29, 0.717) is 19.8 Å². The zero-order chi connectivity index (χ0) is 12.0. The highest BCUT2D eigenvalue weighted by molar-refractivity contribution is 5.70. The van der Waals surface area contributed by atoms with Crippen LogP contribution in [-0.4, -0.2) is 47.9 Å². The zero-order valence-corrected chi connectivity index (χ0v) is 10.2. The fourth-order valence-corrected chi connectivity index (χ4v) is 2.29. The van der Waals surface area contributed by atoms with Crippen molar-refractivity contribution in [3.63, 3.8) is 0 Å². The van der Waals surface area contributed by atoms with E-state index in [1.54, 1.807) is 4.90 Å². The van der Waals surface area contributed by atoms with Crippen molar-refractivity contribution in [1.29, 1.82) is 0 Å². The number of hydrogen-bond acceptors (Lipinski definition) is 4. The standard InChI is InChI=1S/C11H20N2O3/c1-10(2,3)16-9(14)13-5-8(12)4-11(13)6-15-7-11/h8H,4-7,12H2,1-3H3/t8-/m0/s1. The molecule has 0 bridgehead atoms. The fourth-order valence-electron chi connectivity index (χ4n) is 2.29. The Hall–Kier alpha value is -0.810. The summed E-state index contributed by atoms with van der Waals surface area (Å²) in [7, 11) is 0. The SMILES string of the molecule is CC(C)(C)OC(=O)N1C[C@@H](N)CC12COC2. The van der Waals surface area contributed by atoms with Crippen LogP contribution in [0.1, 0.15) is 27.2 Å². The van der Waals surface area contributed by atoms with E-state index in [0.717, 1.165) is 6.42 Å². The van der Waals surface area contributed by atoms with Crippen molar-refractivity contribution in [2.24, 2.45) is 5.73 Å². The van der Waals surface area contributed by atoms with Crippen molar-refractivity contribution in [3.8, 4) is 0 Å².